The number of para-hydroxylation sites is 1. The SMILES string of the molecule is Cc1ccccc1Nc1nc(N)nc(CSc2nc(C(C)(C)C)nc3c2c(=O)n(C)c(=O)n3C)n1. The lowest BCUT2D eigenvalue weighted by Gasteiger charge is -2.19. The van der Waals surface area contributed by atoms with E-state index in [4.69, 9.17) is 5.73 Å². The van der Waals surface area contributed by atoms with Gasteiger partial charge >= 0.3 is 5.69 Å². The summed E-state index contributed by atoms with van der Waals surface area (Å²) in [6, 6.07) is 7.76. The summed E-state index contributed by atoms with van der Waals surface area (Å²) >= 11 is 1.28. The highest BCUT2D eigenvalue weighted by Gasteiger charge is 2.24. The fraction of sp³-hybridized carbons (Fsp3) is 0.348. The van der Waals surface area contributed by atoms with Crippen molar-refractivity contribution in [1.82, 2.24) is 34.1 Å². The molecular formula is C23H27N9O2S. The van der Waals surface area contributed by atoms with Gasteiger partial charge in [-0.05, 0) is 18.6 Å². The van der Waals surface area contributed by atoms with Gasteiger partial charge in [-0.25, -0.2) is 14.8 Å². The zero-order valence-electron chi connectivity index (χ0n) is 20.4. The number of hydrogen-bond acceptors (Lipinski definition) is 10. The van der Waals surface area contributed by atoms with Gasteiger partial charge in [-0.1, -0.05) is 50.7 Å². The van der Waals surface area contributed by atoms with Crippen molar-refractivity contribution in [3.05, 3.63) is 62.3 Å². The van der Waals surface area contributed by atoms with Gasteiger partial charge in [-0.3, -0.25) is 13.9 Å². The van der Waals surface area contributed by atoms with E-state index in [0.29, 0.717) is 22.6 Å². The predicted molar refractivity (Wildman–Crippen MR) is 137 cm³/mol. The van der Waals surface area contributed by atoms with E-state index in [1.165, 1.54) is 23.4 Å². The van der Waals surface area contributed by atoms with Crippen LogP contribution >= 0.6 is 11.8 Å². The largest absolute Gasteiger partial charge is 0.368 e. The number of aromatic nitrogens is 7. The minimum absolute atomic E-state index is 0.0768. The van der Waals surface area contributed by atoms with Crippen molar-refractivity contribution < 1.29 is 0 Å². The van der Waals surface area contributed by atoms with E-state index < -0.39 is 16.7 Å². The molecule has 1 aromatic carbocycles. The average Bonchev–Trinajstić information content (AvgIpc) is 2.80. The lowest BCUT2D eigenvalue weighted by atomic mass is 9.96. The molecule has 0 bridgehead atoms. The van der Waals surface area contributed by atoms with Crippen molar-refractivity contribution >= 4 is 40.4 Å². The van der Waals surface area contributed by atoms with E-state index in [1.807, 2.05) is 52.0 Å². The van der Waals surface area contributed by atoms with E-state index in [1.54, 1.807) is 7.05 Å². The smallest absolute Gasteiger partial charge is 0.332 e. The van der Waals surface area contributed by atoms with Crippen molar-refractivity contribution in [2.45, 2.75) is 43.9 Å². The van der Waals surface area contributed by atoms with Gasteiger partial charge in [0.15, 0.2) is 5.65 Å². The third kappa shape index (κ3) is 4.87. The van der Waals surface area contributed by atoms with Crippen LogP contribution in [0.1, 0.15) is 38.0 Å². The maximum atomic E-state index is 13.0. The number of fused-ring (bicyclic) bond motifs is 1. The Kier molecular flexibility index (Phi) is 6.32. The number of benzene rings is 1. The summed E-state index contributed by atoms with van der Waals surface area (Å²) in [7, 11) is 3.03. The third-order valence-corrected chi connectivity index (χ3v) is 6.34. The van der Waals surface area contributed by atoms with Crippen LogP contribution in [0.3, 0.4) is 0 Å². The molecule has 0 radical (unpaired) electrons. The number of anilines is 3. The number of hydrogen-bond donors (Lipinski definition) is 2. The molecule has 12 heteroatoms. The summed E-state index contributed by atoms with van der Waals surface area (Å²) in [5.74, 6) is 1.62. The van der Waals surface area contributed by atoms with E-state index in [0.717, 1.165) is 15.8 Å². The molecule has 4 aromatic rings. The number of thioether (sulfide) groups is 1. The van der Waals surface area contributed by atoms with Crippen LogP contribution in [0.25, 0.3) is 11.0 Å². The van der Waals surface area contributed by atoms with Crippen LogP contribution in [0.15, 0.2) is 38.9 Å². The molecule has 0 aliphatic heterocycles. The Hall–Kier alpha value is -3.80. The summed E-state index contributed by atoms with van der Waals surface area (Å²) in [6.07, 6.45) is 0. The first-order valence-electron chi connectivity index (χ1n) is 10.9. The van der Waals surface area contributed by atoms with Crippen LogP contribution in [0.5, 0.6) is 0 Å². The molecule has 0 saturated carbocycles. The molecule has 182 valence electrons. The van der Waals surface area contributed by atoms with Crippen LogP contribution < -0.4 is 22.3 Å². The molecule has 0 unspecified atom stereocenters. The molecule has 3 N–H and O–H groups in total. The Labute approximate surface area is 205 Å². The van der Waals surface area contributed by atoms with Crippen molar-refractivity contribution in [3.8, 4) is 0 Å². The van der Waals surface area contributed by atoms with Gasteiger partial charge in [-0.15, -0.1) is 0 Å². The van der Waals surface area contributed by atoms with Crippen LogP contribution in [-0.4, -0.2) is 34.1 Å². The standard InChI is InChI=1S/C23H27N9O2S/c1-12-9-7-8-10-13(12)25-21-27-14(26-20(24)30-21)11-35-17-15-16(28-19(29-17)23(2,3)4)31(5)22(34)32(6)18(15)33/h7-10H,11H2,1-6H3,(H3,24,25,26,27,30). The second-order valence-corrected chi connectivity index (χ2v) is 10.1. The van der Waals surface area contributed by atoms with Crippen LogP contribution in [0.4, 0.5) is 17.6 Å². The number of nitrogens with zero attached hydrogens (tertiary/aromatic N) is 7. The Morgan fingerprint density at radius 2 is 1.71 bits per heavy atom. The van der Waals surface area contributed by atoms with Crippen molar-refractivity contribution in [2.24, 2.45) is 14.1 Å². The van der Waals surface area contributed by atoms with E-state index in [2.05, 4.69) is 30.2 Å². The highest BCUT2D eigenvalue weighted by Crippen LogP contribution is 2.29. The van der Waals surface area contributed by atoms with Gasteiger partial charge in [-0.2, -0.15) is 15.0 Å². The minimum atomic E-state index is -0.455. The molecule has 0 aliphatic rings. The lowest BCUT2D eigenvalue weighted by Crippen LogP contribution is -2.38. The molecule has 4 rings (SSSR count). The summed E-state index contributed by atoms with van der Waals surface area (Å²) in [4.78, 5) is 47.7. The lowest BCUT2D eigenvalue weighted by molar-refractivity contribution is 0.539. The summed E-state index contributed by atoms with van der Waals surface area (Å²) < 4.78 is 2.42. The Morgan fingerprint density at radius 3 is 2.40 bits per heavy atom. The predicted octanol–water partition coefficient (Wildman–Crippen LogP) is 2.44. The zero-order valence-corrected chi connectivity index (χ0v) is 21.3. The summed E-state index contributed by atoms with van der Waals surface area (Å²) in [6.45, 7) is 7.89. The first-order valence-corrected chi connectivity index (χ1v) is 11.9. The first kappa shape index (κ1) is 24.3. The maximum Gasteiger partial charge on any atom is 0.332 e. The van der Waals surface area contributed by atoms with Gasteiger partial charge in [0.1, 0.15) is 22.1 Å². The second-order valence-electron chi connectivity index (χ2n) is 9.17. The highest BCUT2D eigenvalue weighted by molar-refractivity contribution is 7.98. The second kappa shape index (κ2) is 9.10. The number of rotatable bonds is 5. The number of nitrogen functional groups attached to an aromatic ring is 1. The molecular weight excluding hydrogens is 466 g/mol. The summed E-state index contributed by atoms with van der Waals surface area (Å²) in [5.41, 5.74) is 6.82. The number of nitrogens with two attached hydrogens (primary N) is 1. The Bertz CT molecular complexity index is 1550. The summed E-state index contributed by atoms with van der Waals surface area (Å²) in [5, 5.41) is 3.89. The fourth-order valence-electron chi connectivity index (χ4n) is 3.39. The van der Waals surface area contributed by atoms with Gasteiger partial charge in [0.25, 0.3) is 5.56 Å². The van der Waals surface area contributed by atoms with E-state index in [-0.39, 0.29) is 22.7 Å². The van der Waals surface area contributed by atoms with Crippen LogP contribution in [0.2, 0.25) is 0 Å². The molecule has 11 nitrogen and oxygen atoms in total. The average molecular weight is 494 g/mol. The van der Waals surface area contributed by atoms with E-state index >= 15 is 0 Å². The molecule has 3 heterocycles. The maximum absolute atomic E-state index is 13.0. The quantitative estimate of drug-likeness (QED) is 0.314. The van der Waals surface area contributed by atoms with Gasteiger partial charge in [0.05, 0.1) is 5.75 Å². The molecule has 35 heavy (non-hydrogen) atoms. The molecule has 0 spiro atoms. The highest BCUT2D eigenvalue weighted by atomic mass is 32.2. The van der Waals surface area contributed by atoms with Crippen molar-refractivity contribution in [1.29, 1.82) is 0 Å². The van der Waals surface area contributed by atoms with E-state index in [9.17, 15) is 9.59 Å². The monoisotopic (exact) mass is 493 g/mol. The number of nitrogens with one attached hydrogen (secondary N) is 1. The molecule has 0 fully saturated rings. The topological polar surface area (TPSA) is 146 Å². The zero-order chi connectivity index (χ0) is 25.5. The minimum Gasteiger partial charge on any atom is -0.368 e. The van der Waals surface area contributed by atoms with Gasteiger partial charge in [0.2, 0.25) is 11.9 Å². The Balaban J connectivity index is 1.75. The molecule has 0 atom stereocenters. The van der Waals surface area contributed by atoms with Gasteiger partial charge in [0, 0.05) is 25.2 Å². The molecule has 0 amide bonds. The number of aryl methyl sites for hydroxylation is 2. The van der Waals surface area contributed by atoms with Crippen molar-refractivity contribution in [2.75, 3.05) is 11.1 Å². The van der Waals surface area contributed by atoms with Crippen LogP contribution in [-0.2, 0) is 25.3 Å². The van der Waals surface area contributed by atoms with Crippen LogP contribution in [0, 0.1) is 6.92 Å². The molecule has 0 saturated heterocycles. The third-order valence-electron chi connectivity index (χ3n) is 5.37. The van der Waals surface area contributed by atoms with Crippen molar-refractivity contribution in [3.63, 3.8) is 0 Å². The molecule has 0 aliphatic carbocycles. The fourth-order valence-corrected chi connectivity index (χ4v) is 4.26. The van der Waals surface area contributed by atoms with Gasteiger partial charge < -0.3 is 11.1 Å². The normalized spacial score (nSPS) is 11.7. The first-order chi connectivity index (χ1) is 16.5. The molecule has 3 aromatic heterocycles. The Morgan fingerprint density at radius 1 is 1.00 bits per heavy atom.